The van der Waals surface area contributed by atoms with Gasteiger partial charge in [0, 0.05) is 6.42 Å². The molecule has 1 heterocycles. The van der Waals surface area contributed by atoms with Crippen LogP contribution in [0.15, 0.2) is 24.3 Å². The summed E-state index contributed by atoms with van der Waals surface area (Å²) >= 11 is 3.83. The second kappa shape index (κ2) is 5.72. The number of hydrogen-bond acceptors (Lipinski definition) is 4. The van der Waals surface area contributed by atoms with Gasteiger partial charge >= 0.3 is 5.97 Å². The van der Waals surface area contributed by atoms with Gasteiger partial charge in [-0.1, -0.05) is 12.1 Å². The van der Waals surface area contributed by atoms with Crippen LogP contribution in [0, 0.1) is 0 Å². The molecule has 0 radical (unpaired) electrons. The van der Waals surface area contributed by atoms with Gasteiger partial charge in [-0.15, -0.1) is 0 Å². The maximum atomic E-state index is 10.8. The molecule has 1 N–H and O–H groups in total. The van der Waals surface area contributed by atoms with E-state index in [0.717, 1.165) is 29.7 Å². The molecule has 0 bridgehead atoms. The van der Waals surface area contributed by atoms with E-state index in [1.165, 1.54) is 0 Å². The van der Waals surface area contributed by atoms with Gasteiger partial charge in [0.15, 0.2) is 0 Å². The number of hydrogen-bond donors (Lipinski definition) is 2. The summed E-state index contributed by atoms with van der Waals surface area (Å²) in [5.41, 5.74) is 2.00. The van der Waals surface area contributed by atoms with Crippen LogP contribution in [0.4, 0.5) is 0 Å². The normalized spacial score (nSPS) is 10.6. The van der Waals surface area contributed by atoms with Gasteiger partial charge in [-0.05, 0) is 18.6 Å². The van der Waals surface area contributed by atoms with E-state index in [-0.39, 0.29) is 11.7 Å². The Labute approximate surface area is 105 Å². The molecule has 2 aromatic rings. The fourth-order valence-corrected chi connectivity index (χ4v) is 1.69. The van der Waals surface area contributed by atoms with Gasteiger partial charge in [0.25, 0.3) is 0 Å². The van der Waals surface area contributed by atoms with Crippen molar-refractivity contribution >= 4 is 29.6 Å². The molecule has 17 heavy (non-hydrogen) atoms. The smallest absolute Gasteiger partial charge is 0.315 e. The van der Waals surface area contributed by atoms with E-state index in [2.05, 4.69) is 22.6 Å². The van der Waals surface area contributed by atoms with E-state index >= 15 is 0 Å². The maximum absolute atomic E-state index is 10.8. The summed E-state index contributed by atoms with van der Waals surface area (Å²) in [7, 11) is 0. The number of aromatic amines is 1. The van der Waals surface area contributed by atoms with Crippen LogP contribution < -0.4 is 0 Å². The number of nitrogens with zero attached hydrogens (tertiary/aromatic N) is 1. The second-order valence-electron chi connectivity index (χ2n) is 3.68. The monoisotopic (exact) mass is 250 g/mol. The first-order chi connectivity index (χ1) is 8.29. The minimum absolute atomic E-state index is 0.130. The molecular weight excluding hydrogens is 236 g/mol. The predicted molar refractivity (Wildman–Crippen MR) is 69.2 cm³/mol. The van der Waals surface area contributed by atoms with Crippen LogP contribution in [0.5, 0.6) is 0 Å². The predicted octanol–water partition coefficient (Wildman–Crippen LogP) is 1.97. The molecule has 0 unspecified atom stereocenters. The molecule has 0 saturated carbocycles. The molecule has 2 rings (SSSR count). The third kappa shape index (κ3) is 3.23. The zero-order valence-corrected chi connectivity index (χ0v) is 10.2. The van der Waals surface area contributed by atoms with Crippen molar-refractivity contribution in [2.45, 2.75) is 12.8 Å². The summed E-state index contributed by atoms with van der Waals surface area (Å²) in [6.45, 7) is 0.413. The van der Waals surface area contributed by atoms with Crippen LogP contribution in [-0.2, 0) is 16.0 Å². The van der Waals surface area contributed by atoms with Crippen molar-refractivity contribution in [1.82, 2.24) is 9.97 Å². The first-order valence-electron chi connectivity index (χ1n) is 5.49. The van der Waals surface area contributed by atoms with Gasteiger partial charge in [-0.25, -0.2) is 4.98 Å². The molecular formula is C12H14N2O2S. The highest BCUT2D eigenvalue weighted by atomic mass is 32.1. The lowest BCUT2D eigenvalue weighted by Gasteiger charge is -2.00. The number of aryl methyl sites for hydroxylation is 1. The maximum Gasteiger partial charge on any atom is 0.315 e. The molecule has 0 aliphatic carbocycles. The number of fused-ring (bicyclic) bond motifs is 1. The van der Waals surface area contributed by atoms with Crippen molar-refractivity contribution in [3.63, 3.8) is 0 Å². The second-order valence-corrected chi connectivity index (χ2v) is 4.00. The lowest BCUT2D eigenvalue weighted by Crippen LogP contribution is -2.07. The summed E-state index contributed by atoms with van der Waals surface area (Å²) in [5, 5.41) is 0. The Kier molecular flexibility index (Phi) is 4.03. The molecule has 0 atom stereocenters. The van der Waals surface area contributed by atoms with E-state index in [1.54, 1.807) is 0 Å². The van der Waals surface area contributed by atoms with Crippen molar-refractivity contribution in [1.29, 1.82) is 0 Å². The van der Waals surface area contributed by atoms with Crippen LogP contribution in [0.3, 0.4) is 0 Å². The number of imidazole rings is 1. The number of H-pyrrole nitrogens is 1. The van der Waals surface area contributed by atoms with Crippen LogP contribution in [0.2, 0.25) is 0 Å². The molecule has 0 amide bonds. The summed E-state index contributed by atoms with van der Waals surface area (Å²) in [6.07, 6.45) is 1.54. The lowest BCUT2D eigenvalue weighted by atomic mass is 10.3. The summed E-state index contributed by atoms with van der Waals surface area (Å²) in [6, 6.07) is 7.89. The molecule has 90 valence electrons. The zero-order chi connectivity index (χ0) is 12.1. The van der Waals surface area contributed by atoms with Crippen molar-refractivity contribution in [2.24, 2.45) is 0 Å². The SMILES string of the molecule is O=C(CS)OCCCc1nc2ccccc2[nH]1. The van der Waals surface area contributed by atoms with E-state index in [0.29, 0.717) is 6.61 Å². The van der Waals surface area contributed by atoms with Gasteiger partial charge in [0.1, 0.15) is 5.82 Å². The third-order valence-corrected chi connectivity index (χ3v) is 2.65. The van der Waals surface area contributed by atoms with Gasteiger partial charge in [-0.2, -0.15) is 12.6 Å². The topological polar surface area (TPSA) is 55.0 Å². The van der Waals surface area contributed by atoms with Crippen LogP contribution in [0.1, 0.15) is 12.2 Å². The Morgan fingerprint density at radius 1 is 1.41 bits per heavy atom. The number of ether oxygens (including phenoxy) is 1. The molecule has 5 heteroatoms. The molecule has 0 aliphatic heterocycles. The number of aromatic nitrogens is 2. The van der Waals surface area contributed by atoms with E-state index < -0.39 is 0 Å². The fraction of sp³-hybridized carbons (Fsp3) is 0.333. The summed E-state index contributed by atoms with van der Waals surface area (Å²) in [4.78, 5) is 18.5. The molecule has 0 saturated heterocycles. The number of nitrogens with one attached hydrogen (secondary N) is 1. The standard InChI is InChI=1S/C12H14N2O2S/c15-12(8-17)16-7-3-6-11-13-9-4-1-2-5-10(9)14-11/h1-2,4-5,17H,3,6-8H2,(H,13,14). The quantitative estimate of drug-likeness (QED) is 0.484. The van der Waals surface area contributed by atoms with Crippen LogP contribution in [-0.4, -0.2) is 28.3 Å². The van der Waals surface area contributed by atoms with Crippen molar-refractivity contribution < 1.29 is 9.53 Å². The Balaban J connectivity index is 1.85. The van der Waals surface area contributed by atoms with Crippen molar-refractivity contribution in [2.75, 3.05) is 12.4 Å². The molecule has 1 aromatic carbocycles. The van der Waals surface area contributed by atoms with E-state index in [1.807, 2.05) is 24.3 Å². The van der Waals surface area contributed by atoms with Crippen molar-refractivity contribution in [3.8, 4) is 0 Å². The number of thiol groups is 1. The van der Waals surface area contributed by atoms with E-state index in [4.69, 9.17) is 4.74 Å². The molecule has 0 spiro atoms. The Morgan fingerprint density at radius 3 is 3.00 bits per heavy atom. The zero-order valence-electron chi connectivity index (χ0n) is 9.35. The highest BCUT2D eigenvalue weighted by molar-refractivity contribution is 7.81. The minimum atomic E-state index is -0.280. The first-order valence-corrected chi connectivity index (χ1v) is 6.13. The highest BCUT2D eigenvalue weighted by Crippen LogP contribution is 2.11. The molecule has 4 nitrogen and oxygen atoms in total. The van der Waals surface area contributed by atoms with Crippen LogP contribution in [0.25, 0.3) is 11.0 Å². The third-order valence-electron chi connectivity index (χ3n) is 2.39. The van der Waals surface area contributed by atoms with Gasteiger partial charge < -0.3 is 9.72 Å². The Morgan fingerprint density at radius 2 is 2.24 bits per heavy atom. The average molecular weight is 250 g/mol. The summed E-state index contributed by atoms with van der Waals surface area (Å²) in [5.74, 6) is 0.774. The number of benzene rings is 1. The number of rotatable bonds is 5. The van der Waals surface area contributed by atoms with Gasteiger partial charge in [0.05, 0.1) is 23.4 Å². The number of para-hydroxylation sites is 2. The van der Waals surface area contributed by atoms with Gasteiger partial charge in [0.2, 0.25) is 0 Å². The Hall–Kier alpha value is -1.49. The number of carbonyl (C=O) groups is 1. The average Bonchev–Trinajstić information content (AvgIpc) is 2.76. The largest absolute Gasteiger partial charge is 0.465 e. The highest BCUT2D eigenvalue weighted by Gasteiger charge is 2.03. The molecule has 0 aliphatic rings. The lowest BCUT2D eigenvalue weighted by molar-refractivity contribution is -0.140. The van der Waals surface area contributed by atoms with Crippen LogP contribution >= 0.6 is 12.6 Å². The van der Waals surface area contributed by atoms with Crippen molar-refractivity contribution in [3.05, 3.63) is 30.1 Å². The van der Waals surface area contributed by atoms with Gasteiger partial charge in [-0.3, -0.25) is 4.79 Å². The minimum Gasteiger partial charge on any atom is -0.465 e. The molecule has 0 fully saturated rings. The number of esters is 1. The fourth-order valence-electron chi connectivity index (χ4n) is 1.60. The number of carbonyl (C=O) groups excluding carboxylic acids is 1. The molecule has 1 aromatic heterocycles. The Bertz CT molecular complexity index is 477. The first kappa shape index (κ1) is 12.0. The summed E-state index contributed by atoms with van der Waals surface area (Å²) < 4.78 is 4.93. The van der Waals surface area contributed by atoms with E-state index in [9.17, 15) is 4.79 Å².